The molecule has 8 heteroatoms. The molecule has 4 rings (SSSR count). The van der Waals surface area contributed by atoms with Gasteiger partial charge in [-0.25, -0.2) is 4.79 Å². The molecular weight excluding hydrogens is 324 g/mol. The van der Waals surface area contributed by atoms with Gasteiger partial charge in [0, 0.05) is 32.5 Å². The summed E-state index contributed by atoms with van der Waals surface area (Å²) in [5.41, 5.74) is 0.498. The second-order valence-corrected chi connectivity index (χ2v) is 6.75. The number of benzene rings is 1. The molecule has 3 heterocycles. The molecule has 8 nitrogen and oxygen atoms in total. The number of imidazole rings is 1. The number of nitrogens with zero attached hydrogens (tertiary/aromatic N) is 2. The van der Waals surface area contributed by atoms with E-state index in [2.05, 4.69) is 10.3 Å². The number of aromatic amines is 1. The van der Waals surface area contributed by atoms with Crippen molar-refractivity contribution in [3.8, 4) is 0 Å². The van der Waals surface area contributed by atoms with Gasteiger partial charge < -0.3 is 9.88 Å². The molecule has 1 atom stereocenters. The molecule has 1 spiro atoms. The Morgan fingerprint density at radius 3 is 2.76 bits per heavy atom. The predicted octanol–water partition coefficient (Wildman–Crippen LogP) is -0.0151. The van der Waals surface area contributed by atoms with E-state index in [9.17, 15) is 19.2 Å². The average Bonchev–Trinajstić information content (AvgIpc) is 3.22. The SMILES string of the molecule is O=C1C[C@]2(CCN(C(=O)CCn3c(=O)[nH]c4ccccc43)C2)C(=O)N1. The predicted molar refractivity (Wildman–Crippen MR) is 88.6 cm³/mol. The van der Waals surface area contributed by atoms with Gasteiger partial charge in [-0.1, -0.05) is 12.1 Å². The number of para-hydroxylation sites is 2. The minimum atomic E-state index is -0.760. The first kappa shape index (κ1) is 15.6. The number of imide groups is 1. The number of aryl methyl sites for hydroxylation is 1. The largest absolute Gasteiger partial charge is 0.342 e. The van der Waals surface area contributed by atoms with Crippen LogP contribution in [0.2, 0.25) is 0 Å². The third-order valence-corrected chi connectivity index (χ3v) is 5.17. The Kier molecular flexibility index (Phi) is 3.48. The Balaban J connectivity index is 1.45. The number of likely N-dealkylation sites (tertiary alicyclic amines) is 1. The molecule has 2 fully saturated rings. The standard InChI is InChI=1S/C17H18N4O4/c22-13-9-17(15(24)19-13)6-8-20(10-17)14(23)5-7-21-12-4-2-1-3-11(12)18-16(21)25/h1-4H,5-10H2,(H,18,25)(H,19,22,24)/t17-/m0/s1. The fourth-order valence-corrected chi connectivity index (χ4v) is 3.80. The van der Waals surface area contributed by atoms with Crippen molar-refractivity contribution in [2.45, 2.75) is 25.8 Å². The van der Waals surface area contributed by atoms with E-state index in [4.69, 9.17) is 0 Å². The lowest BCUT2D eigenvalue weighted by atomic mass is 9.85. The highest BCUT2D eigenvalue weighted by Gasteiger charge is 2.51. The highest BCUT2D eigenvalue weighted by molar-refractivity contribution is 6.06. The van der Waals surface area contributed by atoms with E-state index in [1.54, 1.807) is 9.47 Å². The molecule has 0 bridgehead atoms. The molecule has 1 aromatic carbocycles. The monoisotopic (exact) mass is 342 g/mol. The Morgan fingerprint density at radius 2 is 2.00 bits per heavy atom. The van der Waals surface area contributed by atoms with Crippen LogP contribution < -0.4 is 11.0 Å². The van der Waals surface area contributed by atoms with Gasteiger partial charge in [0.1, 0.15) is 0 Å². The first-order valence-electron chi connectivity index (χ1n) is 8.28. The van der Waals surface area contributed by atoms with Gasteiger partial charge in [0.25, 0.3) is 0 Å². The van der Waals surface area contributed by atoms with E-state index in [0.717, 1.165) is 11.0 Å². The molecule has 2 saturated heterocycles. The van der Waals surface area contributed by atoms with Crippen LogP contribution in [0.1, 0.15) is 19.3 Å². The maximum absolute atomic E-state index is 12.5. The number of fused-ring (bicyclic) bond motifs is 1. The molecule has 2 aromatic rings. The van der Waals surface area contributed by atoms with E-state index in [1.807, 2.05) is 24.3 Å². The van der Waals surface area contributed by atoms with Crippen molar-refractivity contribution in [1.29, 1.82) is 0 Å². The van der Waals surface area contributed by atoms with Crippen LogP contribution in [0.3, 0.4) is 0 Å². The summed E-state index contributed by atoms with van der Waals surface area (Å²) in [5.74, 6) is -0.661. The van der Waals surface area contributed by atoms with Crippen molar-refractivity contribution < 1.29 is 14.4 Å². The summed E-state index contributed by atoms with van der Waals surface area (Å²) in [6.07, 6.45) is 0.828. The van der Waals surface area contributed by atoms with Gasteiger partial charge in [0.05, 0.1) is 16.4 Å². The van der Waals surface area contributed by atoms with Crippen molar-refractivity contribution in [3.63, 3.8) is 0 Å². The van der Waals surface area contributed by atoms with Crippen molar-refractivity contribution in [1.82, 2.24) is 19.8 Å². The number of hydrogen-bond donors (Lipinski definition) is 2. The summed E-state index contributed by atoms with van der Waals surface area (Å²) in [6, 6.07) is 7.32. The van der Waals surface area contributed by atoms with Crippen LogP contribution in [-0.2, 0) is 20.9 Å². The molecule has 0 aliphatic carbocycles. The first-order chi connectivity index (χ1) is 12.0. The van der Waals surface area contributed by atoms with E-state index in [0.29, 0.717) is 13.0 Å². The van der Waals surface area contributed by atoms with Crippen LogP contribution in [0.15, 0.2) is 29.1 Å². The molecule has 3 amide bonds. The Morgan fingerprint density at radius 1 is 1.20 bits per heavy atom. The van der Waals surface area contributed by atoms with Gasteiger partial charge in [-0.3, -0.25) is 24.3 Å². The minimum Gasteiger partial charge on any atom is -0.342 e. The zero-order chi connectivity index (χ0) is 17.6. The van der Waals surface area contributed by atoms with Crippen molar-refractivity contribution in [2.24, 2.45) is 5.41 Å². The second-order valence-electron chi connectivity index (χ2n) is 6.75. The molecule has 25 heavy (non-hydrogen) atoms. The maximum Gasteiger partial charge on any atom is 0.326 e. The van der Waals surface area contributed by atoms with Crippen LogP contribution >= 0.6 is 0 Å². The summed E-state index contributed by atoms with van der Waals surface area (Å²) in [6.45, 7) is 1.00. The number of nitrogens with one attached hydrogen (secondary N) is 2. The molecular formula is C17H18N4O4. The Labute approximate surface area is 142 Å². The summed E-state index contributed by atoms with van der Waals surface area (Å²) in [4.78, 5) is 52.4. The van der Waals surface area contributed by atoms with Gasteiger partial charge in [0.15, 0.2) is 0 Å². The Bertz CT molecular complexity index is 944. The van der Waals surface area contributed by atoms with Crippen LogP contribution in [0.4, 0.5) is 0 Å². The molecule has 0 saturated carbocycles. The highest BCUT2D eigenvalue weighted by atomic mass is 16.2. The molecule has 2 N–H and O–H groups in total. The normalized spacial score (nSPS) is 23.0. The van der Waals surface area contributed by atoms with E-state index in [-0.39, 0.29) is 49.3 Å². The fraction of sp³-hybridized carbons (Fsp3) is 0.412. The Hall–Kier alpha value is -2.90. The minimum absolute atomic E-state index is 0.110. The smallest absolute Gasteiger partial charge is 0.326 e. The van der Waals surface area contributed by atoms with E-state index >= 15 is 0 Å². The van der Waals surface area contributed by atoms with Crippen LogP contribution in [-0.4, -0.2) is 45.3 Å². The summed E-state index contributed by atoms with van der Waals surface area (Å²) in [5, 5.41) is 2.33. The van der Waals surface area contributed by atoms with Gasteiger partial charge in [-0.15, -0.1) is 0 Å². The van der Waals surface area contributed by atoms with Crippen LogP contribution in [0.25, 0.3) is 11.0 Å². The van der Waals surface area contributed by atoms with E-state index < -0.39 is 5.41 Å². The first-order valence-corrected chi connectivity index (χ1v) is 8.28. The van der Waals surface area contributed by atoms with Gasteiger partial charge >= 0.3 is 5.69 Å². The summed E-state index contributed by atoms with van der Waals surface area (Å²) < 4.78 is 1.55. The zero-order valence-corrected chi connectivity index (χ0v) is 13.6. The lowest BCUT2D eigenvalue weighted by molar-refractivity contribution is -0.132. The molecule has 130 valence electrons. The van der Waals surface area contributed by atoms with Crippen molar-refractivity contribution >= 4 is 28.8 Å². The number of rotatable bonds is 3. The van der Waals surface area contributed by atoms with Crippen molar-refractivity contribution in [2.75, 3.05) is 13.1 Å². The van der Waals surface area contributed by atoms with Crippen LogP contribution in [0.5, 0.6) is 0 Å². The zero-order valence-electron chi connectivity index (χ0n) is 13.6. The maximum atomic E-state index is 12.5. The van der Waals surface area contributed by atoms with Gasteiger partial charge in [-0.05, 0) is 18.6 Å². The number of hydrogen-bond acceptors (Lipinski definition) is 4. The molecule has 0 radical (unpaired) electrons. The third-order valence-electron chi connectivity index (χ3n) is 5.17. The lowest BCUT2D eigenvalue weighted by Crippen LogP contribution is -2.37. The van der Waals surface area contributed by atoms with Crippen molar-refractivity contribution in [3.05, 3.63) is 34.7 Å². The number of carbonyl (C=O) groups is 3. The highest BCUT2D eigenvalue weighted by Crippen LogP contribution is 2.37. The van der Waals surface area contributed by atoms with E-state index in [1.165, 1.54) is 0 Å². The summed E-state index contributed by atoms with van der Waals surface area (Å²) in [7, 11) is 0. The number of aromatic nitrogens is 2. The molecule has 2 aliphatic heterocycles. The number of amides is 3. The quantitative estimate of drug-likeness (QED) is 0.765. The topological polar surface area (TPSA) is 104 Å². The summed E-state index contributed by atoms with van der Waals surface area (Å²) >= 11 is 0. The number of carbonyl (C=O) groups excluding carboxylic acids is 3. The molecule has 1 aromatic heterocycles. The third kappa shape index (κ3) is 2.54. The molecule has 0 unspecified atom stereocenters. The second kappa shape index (κ2) is 5.58. The van der Waals surface area contributed by atoms with Gasteiger partial charge in [0.2, 0.25) is 17.7 Å². The fourth-order valence-electron chi connectivity index (χ4n) is 3.80. The average molecular weight is 342 g/mol. The van der Waals surface area contributed by atoms with Crippen LogP contribution in [0, 0.1) is 5.41 Å². The van der Waals surface area contributed by atoms with Gasteiger partial charge in [-0.2, -0.15) is 0 Å². The lowest BCUT2D eigenvalue weighted by Gasteiger charge is -2.20. The molecule has 2 aliphatic rings. The number of H-pyrrole nitrogens is 1.